The summed E-state index contributed by atoms with van der Waals surface area (Å²) in [6.07, 6.45) is 8.84. The number of nitrogens with two attached hydrogens (primary N) is 2. The number of hydrogen-bond donors (Lipinski definition) is 3. The quantitative estimate of drug-likeness (QED) is 0.508. The predicted octanol–water partition coefficient (Wildman–Crippen LogP) is 1.78. The lowest BCUT2D eigenvalue weighted by molar-refractivity contribution is 0.676. The molecule has 96 valence electrons. The number of rotatable bonds is 3. The van der Waals surface area contributed by atoms with Crippen LogP contribution in [-0.2, 0) is 0 Å². The molecule has 2 rings (SSSR count). The first-order chi connectivity index (χ1) is 7.86. The fraction of sp³-hybridized carbons (Fsp3) is 0.846. The van der Waals surface area contributed by atoms with Gasteiger partial charge in [0, 0.05) is 19.1 Å². The summed E-state index contributed by atoms with van der Waals surface area (Å²) < 4.78 is 0. The van der Waals surface area contributed by atoms with Crippen molar-refractivity contribution in [1.82, 2.24) is 5.32 Å². The maximum Gasteiger partial charge on any atom is 0.0316 e. The Morgan fingerprint density at radius 1 is 1.31 bits per heavy atom. The topological polar surface area (TPSA) is 74.0 Å². The summed E-state index contributed by atoms with van der Waals surface area (Å²) in [6, 6.07) is 0.662. The Morgan fingerprint density at radius 2 is 2.00 bits per heavy atom. The average molecular weight is 227 g/mol. The minimum Gasteiger partial charge on any atom is -0.330 e. The second-order valence-electron chi connectivity index (χ2n) is 3.99. The van der Waals surface area contributed by atoms with Crippen LogP contribution in [-0.4, -0.2) is 25.7 Å². The average Bonchev–Trinajstić information content (AvgIpc) is 3.18. The van der Waals surface area contributed by atoms with E-state index in [1.807, 2.05) is 13.8 Å². The first kappa shape index (κ1) is 15.6. The van der Waals surface area contributed by atoms with Gasteiger partial charge in [0.2, 0.25) is 0 Å². The van der Waals surface area contributed by atoms with E-state index >= 15 is 0 Å². The molecule has 0 radical (unpaired) electrons. The Bertz CT molecular complexity index is 174. The van der Waals surface area contributed by atoms with Crippen LogP contribution in [0.2, 0.25) is 0 Å². The highest BCUT2D eigenvalue weighted by molar-refractivity contribution is 5.04. The van der Waals surface area contributed by atoms with E-state index in [1.54, 1.807) is 5.57 Å². The molecule has 0 amide bonds. The molecule has 0 bridgehead atoms. The maximum atomic E-state index is 5.42. The lowest BCUT2D eigenvalue weighted by Crippen LogP contribution is -2.08. The van der Waals surface area contributed by atoms with Crippen molar-refractivity contribution in [2.24, 2.45) is 11.5 Å². The van der Waals surface area contributed by atoms with Crippen LogP contribution < -0.4 is 16.8 Å². The predicted molar refractivity (Wildman–Crippen MR) is 72.4 cm³/mol. The molecule has 5 N–H and O–H groups in total. The van der Waals surface area contributed by atoms with Crippen molar-refractivity contribution in [3.05, 3.63) is 11.6 Å². The van der Waals surface area contributed by atoms with Gasteiger partial charge in [0.25, 0.3) is 0 Å². The molecule has 0 aromatic carbocycles. The molecular formula is C13H29N3. The molecule has 1 unspecified atom stereocenters. The second-order valence-corrected chi connectivity index (χ2v) is 3.99. The Hall–Kier alpha value is -0.380. The summed E-state index contributed by atoms with van der Waals surface area (Å²) in [5, 5.41) is 3.06. The highest BCUT2D eigenvalue weighted by atomic mass is 15.1. The fourth-order valence-electron chi connectivity index (χ4n) is 1.57. The Balaban J connectivity index is 0.000000272. The zero-order valence-corrected chi connectivity index (χ0v) is 11.0. The SMILES string of the molecule is CC.NCC1CN1.NCCC1=CCCCC1. The Morgan fingerprint density at radius 3 is 2.31 bits per heavy atom. The summed E-state index contributed by atoms with van der Waals surface area (Å²) in [7, 11) is 0. The summed E-state index contributed by atoms with van der Waals surface area (Å²) in [5.74, 6) is 0. The van der Waals surface area contributed by atoms with E-state index in [-0.39, 0.29) is 0 Å². The van der Waals surface area contributed by atoms with Gasteiger partial charge in [-0.2, -0.15) is 0 Å². The standard InChI is InChI=1S/C8H15N.C3H8N2.C2H6/c9-7-6-8-4-2-1-3-5-8;4-1-3-2-5-3;1-2/h4H,1-3,5-7,9H2;3,5H,1-2,4H2;1-2H3. The minimum absolute atomic E-state index is 0.662. The Kier molecular flexibility index (Phi) is 10.9. The molecular weight excluding hydrogens is 198 g/mol. The minimum atomic E-state index is 0.662. The molecule has 16 heavy (non-hydrogen) atoms. The zero-order chi connectivity index (χ0) is 12.2. The van der Waals surface area contributed by atoms with Gasteiger partial charge in [0.05, 0.1) is 0 Å². The molecule has 1 atom stereocenters. The van der Waals surface area contributed by atoms with Crippen molar-refractivity contribution in [2.75, 3.05) is 19.6 Å². The van der Waals surface area contributed by atoms with Crippen molar-refractivity contribution in [2.45, 2.75) is 52.0 Å². The molecule has 3 heteroatoms. The van der Waals surface area contributed by atoms with Gasteiger partial charge < -0.3 is 16.8 Å². The molecule has 0 spiro atoms. The van der Waals surface area contributed by atoms with E-state index < -0.39 is 0 Å². The first-order valence-electron chi connectivity index (χ1n) is 6.68. The number of allylic oxidation sites excluding steroid dienone is 1. The van der Waals surface area contributed by atoms with Gasteiger partial charge in [0.1, 0.15) is 0 Å². The molecule has 3 nitrogen and oxygen atoms in total. The van der Waals surface area contributed by atoms with Crippen LogP contribution >= 0.6 is 0 Å². The molecule has 0 aromatic rings. The van der Waals surface area contributed by atoms with Gasteiger partial charge in [-0.1, -0.05) is 25.5 Å². The van der Waals surface area contributed by atoms with Crippen LogP contribution in [0.5, 0.6) is 0 Å². The van der Waals surface area contributed by atoms with Crippen LogP contribution in [0, 0.1) is 0 Å². The van der Waals surface area contributed by atoms with Crippen molar-refractivity contribution >= 4 is 0 Å². The fourth-order valence-corrected chi connectivity index (χ4v) is 1.57. The summed E-state index contributed by atoms with van der Waals surface area (Å²) in [4.78, 5) is 0. The smallest absolute Gasteiger partial charge is 0.0316 e. The summed E-state index contributed by atoms with van der Waals surface area (Å²) in [5.41, 5.74) is 12.2. The van der Waals surface area contributed by atoms with Crippen molar-refractivity contribution in [1.29, 1.82) is 0 Å². The number of nitrogens with one attached hydrogen (secondary N) is 1. The van der Waals surface area contributed by atoms with Gasteiger partial charge in [0.15, 0.2) is 0 Å². The van der Waals surface area contributed by atoms with Crippen LogP contribution in [0.15, 0.2) is 11.6 Å². The highest BCUT2D eigenvalue weighted by Gasteiger charge is 2.15. The lowest BCUT2D eigenvalue weighted by atomic mass is 9.97. The summed E-state index contributed by atoms with van der Waals surface area (Å²) in [6.45, 7) is 6.77. The Labute approximate surface area is 101 Å². The molecule has 0 aromatic heterocycles. The van der Waals surface area contributed by atoms with Crippen molar-refractivity contribution in [3.63, 3.8) is 0 Å². The second kappa shape index (κ2) is 11.1. The molecule has 1 aliphatic heterocycles. The molecule has 1 fully saturated rings. The maximum absolute atomic E-state index is 5.42. The molecule has 1 heterocycles. The van der Waals surface area contributed by atoms with Crippen LogP contribution in [0.4, 0.5) is 0 Å². The van der Waals surface area contributed by atoms with E-state index in [4.69, 9.17) is 11.5 Å². The van der Waals surface area contributed by atoms with Crippen LogP contribution in [0.1, 0.15) is 46.0 Å². The largest absolute Gasteiger partial charge is 0.330 e. The van der Waals surface area contributed by atoms with E-state index in [0.717, 1.165) is 26.1 Å². The van der Waals surface area contributed by atoms with Gasteiger partial charge in [-0.25, -0.2) is 0 Å². The van der Waals surface area contributed by atoms with E-state index in [0.29, 0.717) is 6.04 Å². The van der Waals surface area contributed by atoms with Crippen LogP contribution in [0.3, 0.4) is 0 Å². The van der Waals surface area contributed by atoms with Crippen molar-refractivity contribution in [3.8, 4) is 0 Å². The van der Waals surface area contributed by atoms with Gasteiger partial charge in [-0.3, -0.25) is 0 Å². The first-order valence-corrected chi connectivity index (χ1v) is 6.68. The third kappa shape index (κ3) is 8.89. The summed E-state index contributed by atoms with van der Waals surface area (Å²) >= 11 is 0. The zero-order valence-electron chi connectivity index (χ0n) is 11.0. The van der Waals surface area contributed by atoms with Gasteiger partial charge >= 0.3 is 0 Å². The third-order valence-corrected chi connectivity index (χ3v) is 2.63. The van der Waals surface area contributed by atoms with Gasteiger partial charge in [-0.15, -0.1) is 0 Å². The van der Waals surface area contributed by atoms with E-state index in [2.05, 4.69) is 11.4 Å². The molecule has 0 saturated carbocycles. The molecule has 1 saturated heterocycles. The number of hydrogen-bond acceptors (Lipinski definition) is 3. The molecule has 2 aliphatic rings. The van der Waals surface area contributed by atoms with Gasteiger partial charge in [-0.05, 0) is 38.6 Å². The van der Waals surface area contributed by atoms with E-state index in [9.17, 15) is 0 Å². The monoisotopic (exact) mass is 227 g/mol. The normalized spacial score (nSPS) is 22.0. The molecule has 1 aliphatic carbocycles. The third-order valence-electron chi connectivity index (χ3n) is 2.63. The lowest BCUT2D eigenvalue weighted by Gasteiger charge is -2.10. The van der Waals surface area contributed by atoms with Crippen molar-refractivity contribution < 1.29 is 0 Å². The van der Waals surface area contributed by atoms with Crippen LogP contribution in [0.25, 0.3) is 0 Å². The van der Waals surface area contributed by atoms with E-state index in [1.165, 1.54) is 25.7 Å². The highest BCUT2D eigenvalue weighted by Crippen LogP contribution is 2.18.